The Morgan fingerprint density at radius 3 is 1.82 bits per heavy atom. The highest BCUT2D eigenvalue weighted by molar-refractivity contribution is 5.77. The van der Waals surface area contributed by atoms with Gasteiger partial charge < -0.3 is 33.5 Å². The summed E-state index contributed by atoms with van der Waals surface area (Å²) >= 11 is 0. The van der Waals surface area contributed by atoms with E-state index in [0.717, 1.165) is 0 Å². The van der Waals surface area contributed by atoms with Crippen LogP contribution < -0.4 is 0 Å². The van der Waals surface area contributed by atoms with E-state index in [1.165, 1.54) is 0 Å². The van der Waals surface area contributed by atoms with Gasteiger partial charge in [0.2, 0.25) is 0 Å². The number of hydrogen-bond acceptors (Lipinski definition) is 8. The van der Waals surface area contributed by atoms with Crippen molar-refractivity contribution in [2.45, 2.75) is 122 Å². The average Bonchev–Trinajstić information content (AvgIpc) is 3.22. The van der Waals surface area contributed by atoms with Crippen molar-refractivity contribution in [3.05, 3.63) is 25.3 Å². The van der Waals surface area contributed by atoms with E-state index in [1.807, 2.05) is 54.5 Å². The molecule has 4 saturated heterocycles. The van der Waals surface area contributed by atoms with E-state index in [4.69, 9.17) is 28.4 Å². The fourth-order valence-corrected chi connectivity index (χ4v) is 5.32. The molecule has 4 fully saturated rings. The maximum Gasteiger partial charge on any atom is 0.338 e. The summed E-state index contributed by atoms with van der Waals surface area (Å²) in [5.41, 5.74) is -1.00. The minimum Gasteiger partial charge on any atom is -0.457 e. The molecule has 34 heavy (non-hydrogen) atoms. The number of hydrogen-bond donors (Lipinski definition) is 1. The molecular formula is C26H42O8. The third-order valence-electron chi connectivity index (χ3n) is 7.54. The highest BCUT2D eigenvalue weighted by Crippen LogP contribution is 2.45. The van der Waals surface area contributed by atoms with Gasteiger partial charge in [-0.05, 0) is 48.0 Å². The molecule has 0 amide bonds. The first-order chi connectivity index (χ1) is 15.6. The predicted octanol–water partition coefficient (Wildman–Crippen LogP) is 3.86. The molecule has 0 bridgehead atoms. The molecule has 0 aromatic rings. The van der Waals surface area contributed by atoms with Gasteiger partial charge in [-0.3, -0.25) is 0 Å². The zero-order valence-corrected chi connectivity index (χ0v) is 21.8. The number of fused-ring (bicyclic) bond motifs is 2. The van der Waals surface area contributed by atoms with Crippen LogP contribution in [0.5, 0.6) is 0 Å². The number of carbonyl (C=O) groups excluding carboxylic acids is 1. The Kier molecular flexibility index (Phi) is 7.47. The molecule has 8 heteroatoms. The van der Waals surface area contributed by atoms with E-state index in [0.29, 0.717) is 12.8 Å². The van der Waals surface area contributed by atoms with Crippen LogP contribution >= 0.6 is 0 Å². The fraction of sp³-hybridized carbons (Fsp3) is 0.808. The van der Waals surface area contributed by atoms with Crippen LogP contribution in [0.2, 0.25) is 0 Å². The maximum absolute atomic E-state index is 11.9. The van der Waals surface area contributed by atoms with Gasteiger partial charge in [0, 0.05) is 18.3 Å². The zero-order chi connectivity index (χ0) is 25.7. The summed E-state index contributed by atoms with van der Waals surface area (Å²) in [5.74, 6) is -1.50. The molecule has 1 N–H and O–H groups in total. The second-order valence-corrected chi connectivity index (χ2v) is 11.2. The van der Waals surface area contributed by atoms with Gasteiger partial charge in [0.1, 0.15) is 17.8 Å². The SMILES string of the molecule is C=CC[C@]1(C)OC(=O)[C@@H]2OC(C)(C)O[C@@H]2[C@H]1C.C=CC[C@]1(C)OC(O)[C@@H]2OC(C)(C)O[C@@H]2[C@H]1C. The summed E-state index contributed by atoms with van der Waals surface area (Å²) in [6.07, 6.45) is 2.55. The quantitative estimate of drug-likeness (QED) is 0.477. The van der Waals surface area contributed by atoms with Crippen molar-refractivity contribution in [1.29, 1.82) is 0 Å². The van der Waals surface area contributed by atoms with Crippen LogP contribution in [-0.4, -0.2) is 64.6 Å². The first kappa shape index (κ1) is 27.3. The molecule has 4 aliphatic heterocycles. The Labute approximate surface area is 203 Å². The lowest BCUT2D eigenvalue weighted by Crippen LogP contribution is -2.57. The highest BCUT2D eigenvalue weighted by atomic mass is 16.8. The van der Waals surface area contributed by atoms with Crippen molar-refractivity contribution < 1.29 is 38.3 Å². The summed E-state index contributed by atoms with van der Waals surface area (Å²) in [7, 11) is 0. The molecule has 1 unspecified atom stereocenters. The molecular weight excluding hydrogens is 440 g/mol. The molecule has 0 radical (unpaired) electrons. The number of ether oxygens (including phenoxy) is 6. The van der Waals surface area contributed by atoms with Crippen molar-refractivity contribution >= 4 is 5.97 Å². The lowest BCUT2D eigenvalue weighted by Gasteiger charge is -2.46. The molecule has 0 aliphatic carbocycles. The predicted molar refractivity (Wildman–Crippen MR) is 126 cm³/mol. The maximum atomic E-state index is 11.9. The van der Waals surface area contributed by atoms with Crippen LogP contribution in [0, 0.1) is 11.8 Å². The van der Waals surface area contributed by atoms with Crippen molar-refractivity contribution in [3.63, 3.8) is 0 Å². The second-order valence-electron chi connectivity index (χ2n) is 11.2. The summed E-state index contributed by atoms with van der Waals surface area (Å²) in [4.78, 5) is 11.9. The lowest BCUT2D eigenvalue weighted by molar-refractivity contribution is -0.277. The van der Waals surface area contributed by atoms with Crippen molar-refractivity contribution in [1.82, 2.24) is 0 Å². The summed E-state index contributed by atoms with van der Waals surface area (Å²) in [5, 5.41) is 10.0. The van der Waals surface area contributed by atoms with Crippen LogP contribution in [0.15, 0.2) is 25.3 Å². The van der Waals surface area contributed by atoms with Gasteiger partial charge in [-0.1, -0.05) is 26.0 Å². The van der Waals surface area contributed by atoms with E-state index in [-0.39, 0.29) is 30.0 Å². The van der Waals surface area contributed by atoms with Crippen LogP contribution in [0.4, 0.5) is 0 Å². The Morgan fingerprint density at radius 2 is 1.24 bits per heavy atom. The first-order valence-electron chi connectivity index (χ1n) is 12.1. The van der Waals surface area contributed by atoms with Gasteiger partial charge in [-0.25, -0.2) is 4.79 Å². The molecule has 0 aromatic heterocycles. The van der Waals surface area contributed by atoms with Gasteiger partial charge in [0.25, 0.3) is 0 Å². The fourth-order valence-electron chi connectivity index (χ4n) is 5.32. The van der Waals surface area contributed by atoms with Gasteiger partial charge in [-0.2, -0.15) is 0 Å². The number of aliphatic hydroxyl groups excluding tert-OH is 1. The van der Waals surface area contributed by atoms with Crippen LogP contribution in [-0.2, 0) is 33.2 Å². The van der Waals surface area contributed by atoms with Gasteiger partial charge >= 0.3 is 5.97 Å². The number of esters is 1. The Balaban J connectivity index is 0.000000191. The first-order valence-corrected chi connectivity index (χ1v) is 12.1. The minimum absolute atomic E-state index is 0.0741. The normalized spacial score (nSPS) is 46.4. The molecule has 0 aromatic carbocycles. The molecule has 8 nitrogen and oxygen atoms in total. The second kappa shape index (κ2) is 9.30. The summed E-state index contributed by atoms with van der Waals surface area (Å²) in [6, 6.07) is 0. The third-order valence-corrected chi connectivity index (χ3v) is 7.54. The summed E-state index contributed by atoms with van der Waals surface area (Å²) < 4.78 is 34.2. The van der Waals surface area contributed by atoms with E-state index >= 15 is 0 Å². The van der Waals surface area contributed by atoms with E-state index in [2.05, 4.69) is 20.1 Å². The van der Waals surface area contributed by atoms with Gasteiger partial charge in [0.05, 0.1) is 11.7 Å². The molecule has 9 atom stereocenters. The Hall–Kier alpha value is -1.29. The molecule has 0 saturated carbocycles. The third kappa shape index (κ3) is 5.13. The van der Waals surface area contributed by atoms with Crippen molar-refractivity contribution in [3.8, 4) is 0 Å². The number of aliphatic hydroxyl groups is 1. The zero-order valence-electron chi connectivity index (χ0n) is 21.8. The topological polar surface area (TPSA) is 92.7 Å². The van der Waals surface area contributed by atoms with Crippen LogP contribution in [0.1, 0.15) is 68.2 Å². The number of cyclic esters (lactones) is 1. The number of rotatable bonds is 4. The number of carbonyl (C=O) groups is 1. The molecule has 194 valence electrons. The Bertz CT molecular complexity index is 794. The Morgan fingerprint density at radius 1 is 0.765 bits per heavy atom. The van der Waals surface area contributed by atoms with Crippen molar-refractivity contribution in [2.24, 2.45) is 11.8 Å². The lowest BCUT2D eigenvalue weighted by atomic mass is 9.79. The molecule has 4 aliphatic rings. The molecule has 0 spiro atoms. The van der Waals surface area contributed by atoms with E-state index in [9.17, 15) is 9.90 Å². The van der Waals surface area contributed by atoms with Crippen LogP contribution in [0.3, 0.4) is 0 Å². The van der Waals surface area contributed by atoms with Gasteiger partial charge in [0.15, 0.2) is 24.0 Å². The average molecular weight is 483 g/mol. The van der Waals surface area contributed by atoms with E-state index in [1.54, 1.807) is 6.08 Å². The van der Waals surface area contributed by atoms with Crippen molar-refractivity contribution in [2.75, 3.05) is 0 Å². The smallest absolute Gasteiger partial charge is 0.338 e. The van der Waals surface area contributed by atoms with Crippen LogP contribution in [0.25, 0.3) is 0 Å². The highest BCUT2D eigenvalue weighted by Gasteiger charge is 2.58. The molecule has 4 heterocycles. The summed E-state index contributed by atoms with van der Waals surface area (Å²) in [6.45, 7) is 22.8. The minimum atomic E-state index is -0.942. The van der Waals surface area contributed by atoms with E-state index < -0.39 is 41.3 Å². The standard InChI is InChI=1S/C13H22O4.C13H20O4/c2*1-6-7-13(5)8(2)9-10(11(14)17-13)16-12(3,4)15-9/h6,8-11,14H,1,7H2,2-5H3;6,8-10H,1,7H2,2-5H3/t8-,9-,10-,11?,13+;8-,9-,10-,13+/m11/s1. The van der Waals surface area contributed by atoms with Gasteiger partial charge in [-0.15, -0.1) is 13.2 Å². The molecule has 4 rings (SSSR count). The largest absolute Gasteiger partial charge is 0.457 e. The monoisotopic (exact) mass is 482 g/mol.